The molecule has 0 saturated carbocycles. The van der Waals surface area contributed by atoms with Crippen LogP contribution in [0.3, 0.4) is 0 Å². The highest BCUT2D eigenvalue weighted by atomic mass is 79.9. The van der Waals surface area contributed by atoms with E-state index in [4.69, 9.17) is 13.5 Å². The van der Waals surface area contributed by atoms with Gasteiger partial charge in [0.25, 0.3) is 5.89 Å². The van der Waals surface area contributed by atoms with E-state index in [-0.39, 0.29) is 11.9 Å². The molecule has 0 fully saturated rings. The first kappa shape index (κ1) is 26.5. The van der Waals surface area contributed by atoms with Crippen LogP contribution in [-0.4, -0.2) is 29.3 Å². The molecule has 0 aliphatic rings. The largest absolute Gasteiger partial charge is 0.457 e. The highest BCUT2D eigenvalue weighted by molar-refractivity contribution is 9.10. The van der Waals surface area contributed by atoms with Gasteiger partial charge in [0.1, 0.15) is 21.8 Å². The minimum atomic E-state index is -4.05. The maximum atomic E-state index is 14.8. The average molecular weight is 606 g/mol. The number of benzene rings is 3. The Labute approximate surface area is 234 Å². The molecule has 2 heterocycles. The molecule has 0 aliphatic heterocycles. The number of nitrogens with zero attached hydrogens (tertiary/aromatic N) is 4. The molecule has 3 aromatic carbocycles. The van der Waals surface area contributed by atoms with E-state index in [1.807, 2.05) is 61.5 Å². The van der Waals surface area contributed by atoms with Crippen molar-refractivity contribution in [1.29, 1.82) is 0 Å². The second-order valence-electron chi connectivity index (χ2n) is 8.64. The summed E-state index contributed by atoms with van der Waals surface area (Å²) in [4.78, 5) is 6.34. The summed E-state index contributed by atoms with van der Waals surface area (Å²) in [6, 6.07) is 30.7. The Morgan fingerprint density at radius 2 is 1.44 bits per heavy atom. The van der Waals surface area contributed by atoms with Gasteiger partial charge in [0.05, 0.1) is 0 Å². The third-order valence-electron chi connectivity index (χ3n) is 5.61. The zero-order chi connectivity index (χ0) is 27.2. The molecule has 0 aliphatic carbocycles. The van der Waals surface area contributed by atoms with Crippen LogP contribution in [0.5, 0.6) is 11.5 Å². The van der Waals surface area contributed by atoms with Crippen molar-refractivity contribution in [2.75, 3.05) is 24.3 Å². The fourth-order valence-electron chi connectivity index (χ4n) is 3.71. The summed E-state index contributed by atoms with van der Waals surface area (Å²) in [7, 11) is -0.152. The van der Waals surface area contributed by atoms with Gasteiger partial charge < -0.3 is 23.7 Å². The predicted molar refractivity (Wildman–Crippen MR) is 154 cm³/mol. The molecule has 0 bridgehead atoms. The first-order chi connectivity index (χ1) is 18.9. The zero-order valence-electron chi connectivity index (χ0n) is 21.1. The van der Waals surface area contributed by atoms with Crippen molar-refractivity contribution in [2.24, 2.45) is 0 Å². The Bertz CT molecular complexity index is 1520. The summed E-state index contributed by atoms with van der Waals surface area (Å²) in [5, 5.41) is 11.4. The Morgan fingerprint density at radius 1 is 0.821 bits per heavy atom. The fourth-order valence-corrected chi connectivity index (χ4v) is 5.94. The molecule has 198 valence electrons. The third kappa shape index (κ3) is 6.47. The number of nitrogens with one attached hydrogen (secondary N) is 1. The maximum Gasteiger partial charge on any atom is 0.457 e. The van der Waals surface area contributed by atoms with Crippen molar-refractivity contribution in [2.45, 2.75) is 5.78 Å². The van der Waals surface area contributed by atoms with E-state index in [1.165, 1.54) is 0 Å². The van der Waals surface area contributed by atoms with Crippen LogP contribution >= 0.6 is 23.5 Å². The Hall–Kier alpha value is -4.14. The number of halogens is 1. The first-order valence-electron chi connectivity index (χ1n) is 12.0. The Balaban J connectivity index is 1.57. The van der Waals surface area contributed by atoms with Gasteiger partial charge in [0, 0.05) is 19.8 Å². The lowest BCUT2D eigenvalue weighted by Gasteiger charge is -2.28. The van der Waals surface area contributed by atoms with Gasteiger partial charge in [-0.2, -0.15) is 0 Å². The molecular formula is C28H25BrN5O4P. The molecule has 1 unspecified atom stereocenters. The first-order valence-corrected chi connectivity index (χ1v) is 14.4. The topological polar surface area (TPSA) is 103 Å². The summed E-state index contributed by atoms with van der Waals surface area (Å²) in [6.07, 6.45) is 0. The van der Waals surface area contributed by atoms with E-state index in [1.54, 1.807) is 60.7 Å². The lowest BCUT2D eigenvalue weighted by atomic mass is 10.2. The molecule has 0 amide bonds. The summed E-state index contributed by atoms with van der Waals surface area (Å²) in [6.45, 7) is 0. The predicted octanol–water partition coefficient (Wildman–Crippen LogP) is 7.42. The minimum absolute atomic E-state index is 0.0296. The number of hydrogen-bond acceptors (Lipinski definition) is 9. The summed E-state index contributed by atoms with van der Waals surface area (Å²) >= 11 is 3.35. The van der Waals surface area contributed by atoms with Crippen LogP contribution in [-0.2, 0) is 4.57 Å². The Morgan fingerprint density at radius 3 is 2.00 bits per heavy atom. The van der Waals surface area contributed by atoms with Crippen LogP contribution in [0.1, 0.15) is 11.3 Å². The molecule has 5 rings (SSSR count). The van der Waals surface area contributed by atoms with Crippen molar-refractivity contribution in [3.05, 3.63) is 113 Å². The van der Waals surface area contributed by atoms with Crippen LogP contribution < -0.4 is 19.3 Å². The molecule has 5 aromatic rings. The number of aromatic nitrogens is 3. The molecule has 11 heteroatoms. The lowest BCUT2D eigenvalue weighted by Crippen LogP contribution is -2.18. The van der Waals surface area contributed by atoms with E-state index >= 15 is 0 Å². The van der Waals surface area contributed by atoms with Crippen LogP contribution in [0.4, 0.5) is 11.7 Å². The molecule has 0 radical (unpaired) electrons. The molecule has 9 nitrogen and oxygen atoms in total. The summed E-state index contributed by atoms with van der Waals surface area (Å²) in [5.74, 6) is -0.0442. The van der Waals surface area contributed by atoms with Gasteiger partial charge in [0.2, 0.25) is 0 Å². The van der Waals surface area contributed by atoms with Gasteiger partial charge in [-0.1, -0.05) is 59.7 Å². The van der Waals surface area contributed by atoms with Crippen LogP contribution in [0.25, 0.3) is 11.6 Å². The SMILES string of the molecule is CN(C)c1ccc(C(Nc2nnc(-c3cccc(Br)n3)o2)P(=O)(Oc2ccccc2)Oc2ccccc2)cc1. The highest BCUT2D eigenvalue weighted by Crippen LogP contribution is 2.60. The van der Waals surface area contributed by atoms with E-state index < -0.39 is 13.4 Å². The van der Waals surface area contributed by atoms with E-state index in [2.05, 4.69) is 36.4 Å². The Kier molecular flexibility index (Phi) is 7.95. The normalized spacial score (nSPS) is 12.0. The lowest BCUT2D eigenvalue weighted by molar-refractivity contribution is 0.375. The van der Waals surface area contributed by atoms with E-state index in [9.17, 15) is 4.57 Å². The van der Waals surface area contributed by atoms with Crippen LogP contribution in [0.2, 0.25) is 0 Å². The molecule has 0 spiro atoms. The maximum absolute atomic E-state index is 14.8. The van der Waals surface area contributed by atoms with Crippen LogP contribution in [0.15, 0.2) is 112 Å². The van der Waals surface area contributed by atoms with Gasteiger partial charge >= 0.3 is 13.6 Å². The van der Waals surface area contributed by atoms with E-state index in [0.29, 0.717) is 27.4 Å². The standard InChI is InChI=1S/C28H25BrN5O4P/c1-34(2)21-18-16-20(17-19-21)27(31-28-33-32-26(36-28)24-14-9-15-25(29)30-24)39(35,37-22-10-5-3-6-11-22)38-23-12-7-4-8-13-23/h3-19,27H,1-2H3,(H,31,33). The minimum Gasteiger partial charge on any atom is -0.414 e. The van der Waals surface area contributed by atoms with Crippen molar-refractivity contribution in [3.63, 3.8) is 0 Å². The highest BCUT2D eigenvalue weighted by Gasteiger charge is 2.42. The molecule has 0 saturated heterocycles. The number of pyridine rings is 1. The fraction of sp³-hybridized carbons (Fsp3) is 0.107. The number of hydrogen-bond donors (Lipinski definition) is 1. The molecule has 1 N–H and O–H groups in total. The third-order valence-corrected chi connectivity index (χ3v) is 8.04. The molecule has 2 aromatic heterocycles. The second-order valence-corrected chi connectivity index (χ2v) is 11.4. The van der Waals surface area contributed by atoms with Gasteiger partial charge in [0.15, 0.2) is 5.78 Å². The number of rotatable bonds is 10. The van der Waals surface area contributed by atoms with Crippen molar-refractivity contribution in [1.82, 2.24) is 15.2 Å². The second kappa shape index (κ2) is 11.7. The zero-order valence-corrected chi connectivity index (χ0v) is 23.6. The smallest absolute Gasteiger partial charge is 0.414 e. The van der Waals surface area contributed by atoms with Crippen molar-refractivity contribution < 1.29 is 18.0 Å². The van der Waals surface area contributed by atoms with Gasteiger partial charge in [-0.25, -0.2) is 9.55 Å². The van der Waals surface area contributed by atoms with Crippen molar-refractivity contribution in [3.8, 4) is 23.1 Å². The average Bonchev–Trinajstić information content (AvgIpc) is 3.42. The van der Waals surface area contributed by atoms with E-state index in [0.717, 1.165) is 5.69 Å². The monoisotopic (exact) mass is 605 g/mol. The molecular weight excluding hydrogens is 581 g/mol. The number of anilines is 2. The van der Waals surface area contributed by atoms with Gasteiger partial charge in [-0.05, 0) is 70.0 Å². The van der Waals surface area contributed by atoms with Crippen molar-refractivity contribution >= 4 is 35.2 Å². The quantitative estimate of drug-likeness (QED) is 0.129. The molecule has 39 heavy (non-hydrogen) atoms. The van der Waals surface area contributed by atoms with Crippen LogP contribution in [0, 0.1) is 0 Å². The molecule has 1 atom stereocenters. The summed E-state index contributed by atoms with van der Waals surface area (Å²) in [5.41, 5.74) is 2.10. The van der Waals surface area contributed by atoms with Gasteiger partial charge in [-0.3, -0.25) is 0 Å². The van der Waals surface area contributed by atoms with Gasteiger partial charge in [-0.15, -0.1) is 5.10 Å². The summed E-state index contributed by atoms with van der Waals surface area (Å²) < 4.78 is 33.5. The number of para-hydroxylation sites is 2.